The highest BCUT2D eigenvalue weighted by atomic mass is 35.5. The zero-order valence-electron chi connectivity index (χ0n) is 10.7. The van der Waals surface area contributed by atoms with Crippen molar-refractivity contribution in [3.8, 4) is 0 Å². The molecule has 0 aliphatic carbocycles. The van der Waals surface area contributed by atoms with E-state index in [0.29, 0.717) is 36.7 Å². The second-order valence-electron chi connectivity index (χ2n) is 4.66. The van der Waals surface area contributed by atoms with Crippen LogP contribution >= 0.6 is 11.6 Å². The first-order valence-electron chi connectivity index (χ1n) is 6.42. The van der Waals surface area contributed by atoms with Gasteiger partial charge >= 0.3 is 0 Å². The molecule has 1 atom stereocenters. The fourth-order valence-electron chi connectivity index (χ4n) is 2.16. The highest BCUT2D eigenvalue weighted by Crippen LogP contribution is 2.13. The average Bonchev–Trinajstić information content (AvgIpc) is 2.45. The number of aliphatic hydroxyl groups excluding tert-OH is 1. The molecule has 1 aromatic rings. The molecule has 0 bridgehead atoms. The van der Waals surface area contributed by atoms with E-state index in [0.717, 1.165) is 6.54 Å². The third-order valence-electron chi connectivity index (χ3n) is 3.23. The molecule has 104 valence electrons. The van der Waals surface area contributed by atoms with Crippen LogP contribution in [0.4, 0.5) is 0 Å². The van der Waals surface area contributed by atoms with Crippen LogP contribution in [0.25, 0.3) is 0 Å². The van der Waals surface area contributed by atoms with E-state index in [1.165, 1.54) is 0 Å². The van der Waals surface area contributed by atoms with Crippen LogP contribution in [0.2, 0.25) is 5.02 Å². The van der Waals surface area contributed by atoms with E-state index < -0.39 is 0 Å². The fourth-order valence-corrected chi connectivity index (χ4v) is 2.35. The minimum atomic E-state index is -0.130. The number of carbonyl (C=O) groups is 1. The molecule has 19 heavy (non-hydrogen) atoms. The first-order valence-corrected chi connectivity index (χ1v) is 6.80. The van der Waals surface area contributed by atoms with Gasteiger partial charge in [-0.05, 0) is 12.1 Å². The van der Waals surface area contributed by atoms with Gasteiger partial charge in [-0.1, -0.05) is 23.7 Å². The summed E-state index contributed by atoms with van der Waals surface area (Å²) >= 11 is 5.87. The van der Waals surface area contributed by atoms with E-state index in [1.807, 2.05) is 0 Å². The highest BCUT2D eigenvalue weighted by molar-refractivity contribution is 6.31. The Labute approximate surface area is 117 Å². The smallest absolute Gasteiger partial charge is 0.164 e. The van der Waals surface area contributed by atoms with Gasteiger partial charge in [-0.3, -0.25) is 9.69 Å². The van der Waals surface area contributed by atoms with Crippen LogP contribution in [-0.4, -0.2) is 54.7 Å². The summed E-state index contributed by atoms with van der Waals surface area (Å²) in [5.41, 5.74) is 0.652. The maximum absolute atomic E-state index is 12.0. The number of carbonyl (C=O) groups excluding carboxylic acids is 1. The molecule has 5 heteroatoms. The SMILES string of the molecule is O=C(CCN1CCOC(CO)C1)c1cccc(Cl)c1. The van der Waals surface area contributed by atoms with Crippen molar-refractivity contribution in [1.82, 2.24) is 4.90 Å². The Morgan fingerprint density at radius 3 is 3.11 bits per heavy atom. The number of hydrogen-bond donors (Lipinski definition) is 1. The van der Waals surface area contributed by atoms with Crippen LogP contribution in [0, 0.1) is 0 Å². The fraction of sp³-hybridized carbons (Fsp3) is 0.500. The van der Waals surface area contributed by atoms with Crippen molar-refractivity contribution in [1.29, 1.82) is 0 Å². The molecule has 1 N–H and O–H groups in total. The van der Waals surface area contributed by atoms with Crippen LogP contribution in [0.1, 0.15) is 16.8 Å². The summed E-state index contributed by atoms with van der Waals surface area (Å²) in [5, 5.41) is 9.64. The molecule has 1 aromatic carbocycles. The molecule has 0 radical (unpaired) electrons. The average molecular weight is 284 g/mol. The van der Waals surface area contributed by atoms with Crippen LogP contribution < -0.4 is 0 Å². The number of benzene rings is 1. The molecule has 0 saturated carbocycles. The maximum atomic E-state index is 12.0. The van der Waals surface area contributed by atoms with Crippen LogP contribution in [-0.2, 0) is 4.74 Å². The van der Waals surface area contributed by atoms with Crippen molar-refractivity contribution in [3.63, 3.8) is 0 Å². The summed E-state index contributed by atoms with van der Waals surface area (Å²) in [6.07, 6.45) is 0.327. The Morgan fingerprint density at radius 1 is 1.53 bits per heavy atom. The lowest BCUT2D eigenvalue weighted by molar-refractivity contribution is -0.0523. The lowest BCUT2D eigenvalue weighted by atomic mass is 10.1. The third kappa shape index (κ3) is 4.28. The van der Waals surface area contributed by atoms with Crippen LogP contribution in [0.15, 0.2) is 24.3 Å². The van der Waals surface area contributed by atoms with Gasteiger partial charge < -0.3 is 9.84 Å². The summed E-state index contributed by atoms with van der Waals surface area (Å²) in [6, 6.07) is 7.02. The number of morpholine rings is 1. The van der Waals surface area contributed by atoms with E-state index in [9.17, 15) is 4.79 Å². The minimum Gasteiger partial charge on any atom is -0.394 e. The van der Waals surface area contributed by atoms with Crippen molar-refractivity contribution in [3.05, 3.63) is 34.9 Å². The monoisotopic (exact) mass is 283 g/mol. The lowest BCUT2D eigenvalue weighted by Gasteiger charge is -2.31. The molecule has 1 heterocycles. The molecule has 4 nitrogen and oxygen atoms in total. The Bertz CT molecular complexity index is 438. The standard InChI is InChI=1S/C14H18ClNO3/c15-12-3-1-2-11(8-12)14(18)4-5-16-6-7-19-13(9-16)10-17/h1-3,8,13,17H,4-7,9-10H2. The van der Waals surface area contributed by atoms with Crippen LogP contribution in [0.3, 0.4) is 0 Å². The first kappa shape index (κ1) is 14.5. The molecule has 1 saturated heterocycles. The number of nitrogens with zero attached hydrogens (tertiary/aromatic N) is 1. The molecule has 1 unspecified atom stereocenters. The van der Waals surface area contributed by atoms with Gasteiger partial charge in [-0.2, -0.15) is 0 Å². The zero-order valence-corrected chi connectivity index (χ0v) is 11.5. The number of rotatable bonds is 5. The Balaban J connectivity index is 1.83. The van der Waals surface area contributed by atoms with Gasteiger partial charge in [-0.25, -0.2) is 0 Å². The Morgan fingerprint density at radius 2 is 2.37 bits per heavy atom. The van der Waals surface area contributed by atoms with Crippen molar-refractivity contribution >= 4 is 17.4 Å². The second kappa shape index (κ2) is 7.01. The van der Waals surface area contributed by atoms with Gasteiger partial charge in [0.2, 0.25) is 0 Å². The van der Waals surface area contributed by atoms with Crippen LogP contribution in [0.5, 0.6) is 0 Å². The largest absolute Gasteiger partial charge is 0.394 e. The van der Waals surface area contributed by atoms with E-state index >= 15 is 0 Å². The first-order chi connectivity index (χ1) is 9.19. The Hall–Kier alpha value is -0.940. The van der Waals surface area contributed by atoms with Crippen molar-refractivity contribution in [2.24, 2.45) is 0 Å². The molecule has 2 rings (SSSR count). The van der Waals surface area contributed by atoms with Crippen molar-refractivity contribution in [2.75, 3.05) is 32.8 Å². The Kier molecular flexibility index (Phi) is 5.34. The predicted octanol–water partition coefficient (Wildman–Crippen LogP) is 1.61. The molecule has 1 fully saturated rings. The topological polar surface area (TPSA) is 49.8 Å². The molecular formula is C14H18ClNO3. The number of aliphatic hydroxyl groups is 1. The van der Waals surface area contributed by atoms with Crippen molar-refractivity contribution < 1.29 is 14.6 Å². The van der Waals surface area contributed by atoms with Gasteiger partial charge in [0.15, 0.2) is 5.78 Å². The van der Waals surface area contributed by atoms with Gasteiger partial charge in [-0.15, -0.1) is 0 Å². The van der Waals surface area contributed by atoms with Gasteiger partial charge in [0.05, 0.1) is 19.3 Å². The molecular weight excluding hydrogens is 266 g/mol. The maximum Gasteiger partial charge on any atom is 0.164 e. The number of ketones is 1. The number of hydrogen-bond acceptors (Lipinski definition) is 4. The van der Waals surface area contributed by atoms with Crippen molar-refractivity contribution in [2.45, 2.75) is 12.5 Å². The van der Waals surface area contributed by atoms with E-state index in [1.54, 1.807) is 24.3 Å². The summed E-state index contributed by atoms with van der Waals surface area (Å²) in [7, 11) is 0. The lowest BCUT2D eigenvalue weighted by Crippen LogP contribution is -2.44. The van der Waals surface area contributed by atoms with E-state index in [2.05, 4.69) is 4.90 Å². The molecule has 0 aromatic heterocycles. The summed E-state index contributed by atoms with van der Waals surface area (Å²) in [5.74, 6) is 0.0922. The van der Waals surface area contributed by atoms with Gasteiger partial charge in [0.25, 0.3) is 0 Å². The number of halogens is 1. The minimum absolute atomic E-state index is 0.0265. The summed E-state index contributed by atoms with van der Waals surface area (Å²) in [4.78, 5) is 14.2. The quantitative estimate of drug-likeness (QED) is 0.834. The molecule has 0 spiro atoms. The summed E-state index contributed by atoms with van der Waals surface area (Å²) < 4.78 is 5.37. The molecule has 1 aliphatic heterocycles. The molecule has 0 amide bonds. The van der Waals surface area contributed by atoms with Gasteiger partial charge in [0, 0.05) is 36.6 Å². The summed E-state index contributed by atoms with van der Waals surface area (Å²) in [6.45, 7) is 2.80. The normalized spacial score (nSPS) is 20.4. The zero-order chi connectivity index (χ0) is 13.7. The second-order valence-corrected chi connectivity index (χ2v) is 5.10. The van der Waals surface area contributed by atoms with E-state index in [-0.39, 0.29) is 18.5 Å². The van der Waals surface area contributed by atoms with E-state index in [4.69, 9.17) is 21.4 Å². The number of Topliss-reactive ketones (excluding diaryl/α,β-unsaturated/α-hetero) is 1. The molecule has 1 aliphatic rings. The number of ether oxygens (including phenoxy) is 1. The third-order valence-corrected chi connectivity index (χ3v) is 3.46. The predicted molar refractivity (Wildman–Crippen MR) is 73.7 cm³/mol. The van der Waals surface area contributed by atoms with Gasteiger partial charge in [0.1, 0.15) is 0 Å². The highest BCUT2D eigenvalue weighted by Gasteiger charge is 2.20.